The largest absolute Gasteiger partial charge is 0.398 e. The van der Waals surface area contributed by atoms with Crippen molar-refractivity contribution in [3.05, 3.63) is 45.7 Å². The molecule has 0 aliphatic carbocycles. The van der Waals surface area contributed by atoms with E-state index in [2.05, 4.69) is 25.6 Å². The van der Waals surface area contributed by atoms with Gasteiger partial charge >= 0.3 is 0 Å². The zero-order chi connectivity index (χ0) is 15.8. The molecule has 1 aromatic heterocycles. The van der Waals surface area contributed by atoms with Crippen molar-refractivity contribution in [1.82, 2.24) is 4.98 Å². The molecule has 3 N–H and O–H groups in total. The first-order valence-electron chi connectivity index (χ1n) is 6.22. The smallest absolute Gasteiger partial charge is 0.264 e. The van der Waals surface area contributed by atoms with Gasteiger partial charge in [-0.05, 0) is 71.6 Å². The number of nitrogens with zero attached hydrogens (tertiary/aromatic N) is 1. The molecule has 0 atom stereocenters. The quantitative estimate of drug-likeness (QED) is 0.642. The zero-order valence-electron chi connectivity index (χ0n) is 11.9. The van der Waals surface area contributed by atoms with Crippen LogP contribution in [0, 0.1) is 20.8 Å². The van der Waals surface area contributed by atoms with E-state index in [4.69, 9.17) is 5.73 Å². The summed E-state index contributed by atoms with van der Waals surface area (Å²) in [5.41, 5.74) is 9.13. The summed E-state index contributed by atoms with van der Waals surface area (Å²) in [6.45, 7) is 5.57. The van der Waals surface area contributed by atoms with Crippen molar-refractivity contribution in [2.45, 2.75) is 25.7 Å². The lowest BCUT2D eigenvalue weighted by Crippen LogP contribution is -2.15. The van der Waals surface area contributed by atoms with Gasteiger partial charge < -0.3 is 5.73 Å². The molecule has 0 bridgehead atoms. The van der Waals surface area contributed by atoms with E-state index in [1.807, 2.05) is 20.8 Å². The topological polar surface area (TPSA) is 85.1 Å². The molecule has 112 valence electrons. The molecule has 21 heavy (non-hydrogen) atoms. The number of nitrogens with two attached hydrogens (primary N) is 1. The molecule has 5 nitrogen and oxygen atoms in total. The van der Waals surface area contributed by atoms with Gasteiger partial charge in [0.2, 0.25) is 0 Å². The van der Waals surface area contributed by atoms with Gasteiger partial charge in [0.15, 0.2) is 0 Å². The fraction of sp³-hybridized carbons (Fsp3) is 0.214. The third-order valence-electron chi connectivity index (χ3n) is 3.18. The summed E-state index contributed by atoms with van der Waals surface area (Å²) in [6.07, 6.45) is 1.45. The van der Waals surface area contributed by atoms with Crippen molar-refractivity contribution in [3.8, 4) is 0 Å². The zero-order valence-corrected chi connectivity index (χ0v) is 14.3. The van der Waals surface area contributed by atoms with E-state index in [0.29, 0.717) is 10.3 Å². The van der Waals surface area contributed by atoms with Gasteiger partial charge in [-0.2, -0.15) is 0 Å². The van der Waals surface area contributed by atoms with Gasteiger partial charge in [0, 0.05) is 0 Å². The van der Waals surface area contributed by atoms with Crippen LogP contribution in [0.15, 0.2) is 33.9 Å². The number of rotatable bonds is 3. The van der Waals surface area contributed by atoms with E-state index < -0.39 is 10.0 Å². The number of halogens is 1. The second kappa shape index (κ2) is 5.65. The summed E-state index contributed by atoms with van der Waals surface area (Å²) in [4.78, 5) is 4.14. The van der Waals surface area contributed by atoms with Crippen LogP contribution in [0.5, 0.6) is 0 Å². The van der Waals surface area contributed by atoms with E-state index in [9.17, 15) is 8.42 Å². The highest BCUT2D eigenvalue weighted by atomic mass is 79.9. The molecular formula is C14H16BrN3O2S. The molecule has 2 aromatic rings. The summed E-state index contributed by atoms with van der Waals surface area (Å²) in [5.74, 6) is 0. The molecule has 0 saturated heterocycles. The summed E-state index contributed by atoms with van der Waals surface area (Å²) in [5, 5.41) is 0. The lowest BCUT2D eigenvalue weighted by atomic mass is 10.1. The first-order valence-corrected chi connectivity index (χ1v) is 8.50. The third-order valence-corrected chi connectivity index (χ3v) is 5.45. The van der Waals surface area contributed by atoms with Crippen LogP contribution in [0.25, 0.3) is 0 Å². The number of hydrogen-bond donors (Lipinski definition) is 2. The van der Waals surface area contributed by atoms with Gasteiger partial charge in [0.05, 0.1) is 17.6 Å². The average Bonchev–Trinajstić information content (AvgIpc) is 2.37. The van der Waals surface area contributed by atoms with Crippen LogP contribution >= 0.6 is 15.9 Å². The molecule has 0 amide bonds. The van der Waals surface area contributed by atoms with E-state index in [-0.39, 0.29) is 10.6 Å². The van der Waals surface area contributed by atoms with Gasteiger partial charge in [-0.15, -0.1) is 0 Å². The van der Waals surface area contributed by atoms with Crippen LogP contribution in [-0.2, 0) is 10.0 Å². The fourth-order valence-electron chi connectivity index (χ4n) is 1.87. The lowest BCUT2D eigenvalue weighted by molar-refractivity contribution is 0.601. The Morgan fingerprint density at radius 3 is 2.33 bits per heavy atom. The van der Waals surface area contributed by atoms with E-state index in [1.54, 1.807) is 18.2 Å². The average molecular weight is 370 g/mol. The molecular weight excluding hydrogens is 354 g/mol. The minimum atomic E-state index is -3.74. The molecule has 0 unspecified atom stereocenters. The second-order valence-electron chi connectivity index (χ2n) is 4.91. The number of benzene rings is 1. The highest BCUT2D eigenvalue weighted by Gasteiger charge is 2.19. The molecule has 0 aliphatic heterocycles. The summed E-state index contributed by atoms with van der Waals surface area (Å²) in [7, 11) is -3.74. The van der Waals surface area contributed by atoms with Gasteiger partial charge in [0.25, 0.3) is 10.0 Å². The number of hydrogen-bond acceptors (Lipinski definition) is 4. The first-order chi connectivity index (χ1) is 9.70. The number of nitrogen functional groups attached to an aromatic ring is 1. The van der Waals surface area contributed by atoms with Crippen LogP contribution in [0.3, 0.4) is 0 Å². The minimum Gasteiger partial charge on any atom is -0.398 e. The predicted octanol–water partition coefficient (Wildman–Crippen LogP) is 3.15. The first kappa shape index (κ1) is 15.8. The maximum atomic E-state index is 12.5. The van der Waals surface area contributed by atoms with E-state index in [0.717, 1.165) is 16.7 Å². The highest BCUT2D eigenvalue weighted by molar-refractivity contribution is 9.10. The standard InChI is InChI=1S/C14H16BrN3O2S/c1-8-5-12(16)13(6-9(8)2)21(19,20)18-11-4-10(3)14(15)17-7-11/h4-7,18H,16H2,1-3H3. The number of aryl methyl sites for hydroxylation is 3. The van der Waals surface area contributed by atoms with Crippen molar-refractivity contribution in [1.29, 1.82) is 0 Å². The van der Waals surface area contributed by atoms with E-state index >= 15 is 0 Å². The van der Waals surface area contributed by atoms with Crippen molar-refractivity contribution in [3.63, 3.8) is 0 Å². The maximum Gasteiger partial charge on any atom is 0.264 e. The molecule has 1 heterocycles. The molecule has 0 fully saturated rings. The number of pyridine rings is 1. The highest BCUT2D eigenvalue weighted by Crippen LogP contribution is 2.25. The minimum absolute atomic E-state index is 0.0752. The normalized spacial score (nSPS) is 11.4. The molecule has 0 aliphatic rings. The fourth-order valence-corrected chi connectivity index (χ4v) is 3.32. The van der Waals surface area contributed by atoms with Gasteiger partial charge in [-0.1, -0.05) is 0 Å². The van der Waals surface area contributed by atoms with Gasteiger partial charge in [-0.3, -0.25) is 4.72 Å². The molecule has 7 heteroatoms. The Balaban J connectivity index is 2.43. The number of aromatic nitrogens is 1. The summed E-state index contributed by atoms with van der Waals surface area (Å²) < 4.78 is 28.1. The molecule has 0 radical (unpaired) electrons. The predicted molar refractivity (Wildman–Crippen MR) is 87.8 cm³/mol. The van der Waals surface area contributed by atoms with Crippen molar-refractivity contribution >= 4 is 37.3 Å². The second-order valence-corrected chi connectivity index (χ2v) is 7.31. The molecule has 2 rings (SSSR count). The monoisotopic (exact) mass is 369 g/mol. The Bertz CT molecular complexity index is 804. The van der Waals surface area contributed by atoms with Crippen LogP contribution in [0.1, 0.15) is 16.7 Å². The Hall–Kier alpha value is -1.60. The lowest BCUT2D eigenvalue weighted by Gasteiger charge is -2.12. The van der Waals surface area contributed by atoms with Gasteiger partial charge in [0.1, 0.15) is 9.50 Å². The third kappa shape index (κ3) is 3.36. The Labute approximate surface area is 132 Å². The molecule has 0 spiro atoms. The summed E-state index contributed by atoms with van der Waals surface area (Å²) >= 11 is 3.27. The van der Waals surface area contributed by atoms with Crippen molar-refractivity contribution in [2.75, 3.05) is 10.5 Å². The number of nitrogens with one attached hydrogen (secondary N) is 1. The van der Waals surface area contributed by atoms with Crippen LogP contribution in [0.2, 0.25) is 0 Å². The Kier molecular flexibility index (Phi) is 4.25. The number of anilines is 2. The Morgan fingerprint density at radius 2 is 1.71 bits per heavy atom. The van der Waals surface area contributed by atoms with Crippen molar-refractivity contribution < 1.29 is 8.42 Å². The Morgan fingerprint density at radius 1 is 1.10 bits per heavy atom. The van der Waals surface area contributed by atoms with Crippen LogP contribution in [-0.4, -0.2) is 13.4 Å². The van der Waals surface area contributed by atoms with Crippen LogP contribution < -0.4 is 10.5 Å². The SMILES string of the molecule is Cc1cc(N)c(S(=O)(=O)Nc2cnc(Br)c(C)c2)cc1C. The van der Waals surface area contributed by atoms with E-state index in [1.165, 1.54) is 6.20 Å². The van der Waals surface area contributed by atoms with Gasteiger partial charge in [-0.25, -0.2) is 13.4 Å². The molecule has 0 saturated carbocycles. The number of sulfonamides is 1. The maximum absolute atomic E-state index is 12.5. The summed E-state index contributed by atoms with van der Waals surface area (Å²) in [6, 6.07) is 4.94. The van der Waals surface area contributed by atoms with Crippen molar-refractivity contribution in [2.24, 2.45) is 0 Å². The van der Waals surface area contributed by atoms with Crippen LogP contribution in [0.4, 0.5) is 11.4 Å². The molecule has 1 aromatic carbocycles.